The number of hydrogen-bond acceptors (Lipinski definition) is 3. The molecule has 0 fully saturated rings. The molecule has 0 bridgehead atoms. The van der Waals surface area contributed by atoms with Gasteiger partial charge in [0.05, 0.1) is 19.1 Å². The minimum absolute atomic E-state index is 0.00360. The van der Waals surface area contributed by atoms with E-state index in [4.69, 9.17) is 9.47 Å². The topological polar surface area (TPSA) is 47.6 Å². The molecule has 0 spiro atoms. The third-order valence-corrected chi connectivity index (χ3v) is 5.12. The molecule has 3 aromatic carbocycles. The van der Waals surface area contributed by atoms with Gasteiger partial charge in [-0.05, 0) is 40.8 Å². The van der Waals surface area contributed by atoms with Crippen LogP contribution in [0.4, 0.5) is 0 Å². The van der Waals surface area contributed by atoms with Gasteiger partial charge >= 0.3 is 0 Å². The van der Waals surface area contributed by atoms with Crippen molar-refractivity contribution in [1.29, 1.82) is 0 Å². The van der Waals surface area contributed by atoms with Gasteiger partial charge < -0.3 is 14.8 Å². The third kappa shape index (κ3) is 5.24. The highest BCUT2D eigenvalue weighted by Gasteiger charge is 2.22. The number of hydrogen-bond donors (Lipinski definition) is 1. The third-order valence-electron chi connectivity index (χ3n) is 5.12. The molecule has 0 aliphatic carbocycles. The quantitative estimate of drug-likeness (QED) is 0.645. The molecule has 29 heavy (non-hydrogen) atoms. The Bertz CT molecular complexity index is 938. The highest BCUT2D eigenvalue weighted by atomic mass is 16.5. The van der Waals surface area contributed by atoms with E-state index >= 15 is 0 Å². The van der Waals surface area contributed by atoms with Gasteiger partial charge in [-0.3, -0.25) is 4.79 Å². The summed E-state index contributed by atoms with van der Waals surface area (Å²) >= 11 is 0. The van der Waals surface area contributed by atoms with Crippen molar-refractivity contribution >= 4 is 5.91 Å². The smallest absolute Gasteiger partial charge is 0.223 e. The first-order valence-electron chi connectivity index (χ1n) is 10.00. The van der Waals surface area contributed by atoms with Crippen LogP contribution in [-0.2, 0) is 29.1 Å². The second kappa shape index (κ2) is 9.39. The lowest BCUT2D eigenvalue weighted by Gasteiger charge is -2.25. The Labute approximate surface area is 171 Å². The molecule has 4 nitrogen and oxygen atoms in total. The van der Waals surface area contributed by atoms with Gasteiger partial charge in [-0.15, -0.1) is 0 Å². The zero-order valence-electron chi connectivity index (χ0n) is 16.3. The second-order valence-electron chi connectivity index (χ2n) is 7.21. The van der Waals surface area contributed by atoms with Gasteiger partial charge in [0.1, 0.15) is 12.4 Å². The Morgan fingerprint density at radius 1 is 0.931 bits per heavy atom. The fourth-order valence-electron chi connectivity index (χ4n) is 3.53. The van der Waals surface area contributed by atoms with E-state index in [9.17, 15) is 4.79 Å². The summed E-state index contributed by atoms with van der Waals surface area (Å²) in [6, 6.07) is 26.1. The van der Waals surface area contributed by atoms with E-state index in [1.807, 2.05) is 66.7 Å². The fraction of sp³-hybridized carbons (Fsp3) is 0.240. The molecule has 0 radical (unpaired) electrons. The highest BCUT2D eigenvalue weighted by Crippen LogP contribution is 2.29. The molecule has 1 N–H and O–H groups in total. The fourth-order valence-corrected chi connectivity index (χ4v) is 3.53. The predicted molar refractivity (Wildman–Crippen MR) is 113 cm³/mol. The number of carbonyl (C=O) groups excluding carboxylic acids is 1. The van der Waals surface area contributed by atoms with Gasteiger partial charge in [0.25, 0.3) is 0 Å². The van der Waals surface area contributed by atoms with Crippen molar-refractivity contribution in [2.45, 2.75) is 32.1 Å². The molecule has 0 unspecified atom stereocenters. The maximum atomic E-state index is 12.4. The average molecular weight is 387 g/mol. The molecular formula is C25H25NO3. The van der Waals surface area contributed by atoms with Crippen molar-refractivity contribution in [1.82, 2.24) is 5.32 Å². The molecule has 1 aliphatic rings. The van der Waals surface area contributed by atoms with Crippen LogP contribution in [0.25, 0.3) is 0 Å². The van der Waals surface area contributed by atoms with Crippen molar-refractivity contribution in [3.05, 3.63) is 101 Å². The van der Waals surface area contributed by atoms with E-state index < -0.39 is 0 Å². The molecule has 1 heterocycles. The standard InChI is InChI=1S/C25H25NO3/c27-25(16-24-23-9-5-4-8-21(23)14-15-28-24)26-17-19-10-12-22(13-11-19)29-18-20-6-2-1-3-7-20/h1-13,24H,14-18H2,(H,26,27)/t24-/m0/s1. The summed E-state index contributed by atoms with van der Waals surface area (Å²) in [5.41, 5.74) is 4.59. The lowest BCUT2D eigenvalue weighted by Crippen LogP contribution is -2.27. The van der Waals surface area contributed by atoms with Crippen LogP contribution in [0.15, 0.2) is 78.9 Å². The highest BCUT2D eigenvalue weighted by molar-refractivity contribution is 5.76. The lowest BCUT2D eigenvalue weighted by atomic mass is 9.95. The number of ether oxygens (including phenoxy) is 2. The summed E-state index contributed by atoms with van der Waals surface area (Å²) in [5.74, 6) is 0.812. The summed E-state index contributed by atoms with van der Waals surface area (Å²) in [5, 5.41) is 2.99. The first-order chi connectivity index (χ1) is 14.3. The van der Waals surface area contributed by atoms with E-state index in [0.29, 0.717) is 26.2 Å². The van der Waals surface area contributed by atoms with Gasteiger partial charge in [0.2, 0.25) is 5.91 Å². The Balaban J connectivity index is 1.25. The van der Waals surface area contributed by atoms with Crippen LogP contribution in [0, 0.1) is 0 Å². The van der Waals surface area contributed by atoms with Gasteiger partial charge in [-0.1, -0.05) is 66.7 Å². The zero-order valence-corrected chi connectivity index (χ0v) is 16.3. The van der Waals surface area contributed by atoms with Gasteiger partial charge in [0.15, 0.2) is 0 Å². The minimum Gasteiger partial charge on any atom is -0.489 e. The number of fused-ring (bicyclic) bond motifs is 1. The predicted octanol–water partition coefficient (Wildman–Crippen LogP) is 4.59. The summed E-state index contributed by atoms with van der Waals surface area (Å²) in [7, 11) is 0. The van der Waals surface area contributed by atoms with Gasteiger partial charge in [-0.25, -0.2) is 0 Å². The van der Waals surface area contributed by atoms with Crippen LogP contribution in [-0.4, -0.2) is 12.5 Å². The zero-order chi connectivity index (χ0) is 19.9. The molecule has 1 atom stereocenters. The molecule has 0 aromatic heterocycles. The van der Waals surface area contributed by atoms with Gasteiger partial charge in [-0.2, -0.15) is 0 Å². The lowest BCUT2D eigenvalue weighted by molar-refractivity contribution is -0.124. The van der Waals surface area contributed by atoms with Crippen molar-refractivity contribution in [2.24, 2.45) is 0 Å². The summed E-state index contributed by atoms with van der Waals surface area (Å²) < 4.78 is 11.6. The van der Waals surface area contributed by atoms with E-state index in [0.717, 1.165) is 28.9 Å². The summed E-state index contributed by atoms with van der Waals surface area (Å²) in [6.07, 6.45) is 1.09. The number of nitrogens with one attached hydrogen (secondary N) is 1. The van der Waals surface area contributed by atoms with Crippen LogP contribution in [0.3, 0.4) is 0 Å². The van der Waals surface area contributed by atoms with Crippen molar-refractivity contribution in [3.8, 4) is 5.75 Å². The Hall–Kier alpha value is -3.11. The van der Waals surface area contributed by atoms with E-state index in [-0.39, 0.29) is 12.0 Å². The molecule has 0 saturated heterocycles. The van der Waals surface area contributed by atoms with Crippen molar-refractivity contribution in [2.75, 3.05) is 6.61 Å². The number of amides is 1. The van der Waals surface area contributed by atoms with Crippen LogP contribution < -0.4 is 10.1 Å². The van der Waals surface area contributed by atoms with Crippen LogP contribution >= 0.6 is 0 Å². The minimum atomic E-state index is -0.159. The van der Waals surface area contributed by atoms with Crippen LogP contribution in [0.1, 0.15) is 34.8 Å². The number of rotatable bonds is 7. The largest absolute Gasteiger partial charge is 0.489 e. The van der Waals surface area contributed by atoms with Crippen molar-refractivity contribution in [3.63, 3.8) is 0 Å². The normalized spacial score (nSPS) is 15.4. The number of benzene rings is 3. The molecule has 1 aliphatic heterocycles. The maximum absolute atomic E-state index is 12.4. The van der Waals surface area contributed by atoms with E-state index in [2.05, 4.69) is 17.4 Å². The molecule has 4 rings (SSSR count). The Morgan fingerprint density at radius 2 is 1.69 bits per heavy atom. The molecule has 148 valence electrons. The monoisotopic (exact) mass is 387 g/mol. The second-order valence-corrected chi connectivity index (χ2v) is 7.21. The van der Waals surface area contributed by atoms with Crippen LogP contribution in [0.5, 0.6) is 5.75 Å². The SMILES string of the molecule is O=C(C[C@@H]1OCCc2ccccc21)NCc1ccc(OCc2ccccc2)cc1. The van der Waals surface area contributed by atoms with Crippen molar-refractivity contribution < 1.29 is 14.3 Å². The molecule has 3 aromatic rings. The maximum Gasteiger partial charge on any atom is 0.223 e. The molecule has 4 heteroatoms. The molecule has 1 amide bonds. The molecular weight excluding hydrogens is 362 g/mol. The van der Waals surface area contributed by atoms with Crippen LogP contribution in [0.2, 0.25) is 0 Å². The number of carbonyl (C=O) groups is 1. The van der Waals surface area contributed by atoms with E-state index in [1.165, 1.54) is 5.56 Å². The van der Waals surface area contributed by atoms with Gasteiger partial charge in [0, 0.05) is 6.54 Å². The Kier molecular flexibility index (Phi) is 6.22. The molecule has 0 saturated carbocycles. The summed E-state index contributed by atoms with van der Waals surface area (Å²) in [4.78, 5) is 12.4. The Morgan fingerprint density at radius 3 is 2.52 bits per heavy atom. The van der Waals surface area contributed by atoms with E-state index in [1.54, 1.807) is 0 Å². The average Bonchev–Trinajstić information content (AvgIpc) is 2.78. The first-order valence-corrected chi connectivity index (χ1v) is 10.00. The first kappa shape index (κ1) is 19.2. The summed E-state index contributed by atoms with van der Waals surface area (Å²) in [6.45, 7) is 1.70.